The first kappa shape index (κ1) is 19.2. The Hall–Kier alpha value is -3.61. The molecule has 0 radical (unpaired) electrons. The number of hydrogen-bond acceptors (Lipinski definition) is 6. The van der Waals surface area contributed by atoms with Gasteiger partial charge in [0.15, 0.2) is 0 Å². The molecule has 0 aliphatic carbocycles. The first-order chi connectivity index (χ1) is 13.6. The summed E-state index contributed by atoms with van der Waals surface area (Å²) in [6.45, 7) is 4.73. The fraction of sp³-hybridized carbons (Fsp3) is 0.190. The van der Waals surface area contributed by atoms with Gasteiger partial charge in [-0.15, -0.1) is 0 Å². The standard InChI is InChI=1S/C21H23N5O2/c1-4-22-19-13-14(2)23-21(26-19)25-17-9-7-16(8-10-17)24-20(27)15-5-11-18(28-3)12-6-15/h5-13H,4H2,1-3H3,(H,24,27)(H2,22,23,25,26). The number of amides is 1. The van der Waals surface area contributed by atoms with Crippen LogP contribution < -0.4 is 20.7 Å². The van der Waals surface area contributed by atoms with Crippen LogP contribution in [-0.4, -0.2) is 29.5 Å². The first-order valence-corrected chi connectivity index (χ1v) is 8.99. The molecule has 1 amide bonds. The second-order valence-electron chi connectivity index (χ2n) is 6.13. The summed E-state index contributed by atoms with van der Waals surface area (Å²) in [5.41, 5.74) is 2.96. The van der Waals surface area contributed by atoms with Crippen LogP contribution in [0.15, 0.2) is 54.6 Å². The highest BCUT2D eigenvalue weighted by atomic mass is 16.5. The Morgan fingerprint density at radius 1 is 1.00 bits per heavy atom. The quantitative estimate of drug-likeness (QED) is 0.571. The largest absolute Gasteiger partial charge is 0.497 e. The zero-order chi connectivity index (χ0) is 19.9. The average Bonchev–Trinajstić information content (AvgIpc) is 2.69. The monoisotopic (exact) mass is 377 g/mol. The van der Waals surface area contributed by atoms with Gasteiger partial charge in [0.1, 0.15) is 11.6 Å². The van der Waals surface area contributed by atoms with E-state index in [9.17, 15) is 4.79 Å². The lowest BCUT2D eigenvalue weighted by Gasteiger charge is -2.10. The molecule has 0 unspecified atom stereocenters. The van der Waals surface area contributed by atoms with Gasteiger partial charge in [0.25, 0.3) is 5.91 Å². The van der Waals surface area contributed by atoms with E-state index in [1.165, 1.54) is 0 Å². The molecule has 0 atom stereocenters. The summed E-state index contributed by atoms with van der Waals surface area (Å²) in [5, 5.41) is 9.23. The summed E-state index contributed by atoms with van der Waals surface area (Å²) in [6, 6.07) is 16.2. The molecule has 1 heterocycles. The van der Waals surface area contributed by atoms with Gasteiger partial charge in [0.2, 0.25) is 5.95 Å². The van der Waals surface area contributed by atoms with E-state index >= 15 is 0 Å². The van der Waals surface area contributed by atoms with Crippen LogP contribution in [-0.2, 0) is 0 Å². The normalized spacial score (nSPS) is 10.2. The molecule has 7 heteroatoms. The Morgan fingerprint density at radius 3 is 2.32 bits per heavy atom. The van der Waals surface area contributed by atoms with Gasteiger partial charge in [0, 0.05) is 35.2 Å². The molecule has 3 aromatic rings. The van der Waals surface area contributed by atoms with Gasteiger partial charge < -0.3 is 20.7 Å². The lowest BCUT2D eigenvalue weighted by Crippen LogP contribution is -2.11. The van der Waals surface area contributed by atoms with Crippen molar-refractivity contribution in [3.63, 3.8) is 0 Å². The predicted octanol–water partition coefficient (Wildman–Crippen LogP) is 4.22. The van der Waals surface area contributed by atoms with E-state index < -0.39 is 0 Å². The van der Waals surface area contributed by atoms with Crippen molar-refractivity contribution in [1.82, 2.24) is 9.97 Å². The van der Waals surface area contributed by atoms with E-state index in [2.05, 4.69) is 25.9 Å². The van der Waals surface area contributed by atoms with Gasteiger partial charge in [-0.1, -0.05) is 0 Å². The van der Waals surface area contributed by atoms with Gasteiger partial charge in [-0.25, -0.2) is 4.98 Å². The minimum atomic E-state index is -0.180. The van der Waals surface area contributed by atoms with E-state index in [1.807, 2.05) is 44.2 Å². The number of benzene rings is 2. The number of hydrogen-bond donors (Lipinski definition) is 3. The van der Waals surface area contributed by atoms with Gasteiger partial charge in [-0.2, -0.15) is 4.98 Å². The third-order valence-corrected chi connectivity index (χ3v) is 3.96. The summed E-state index contributed by atoms with van der Waals surface area (Å²) >= 11 is 0. The average molecular weight is 377 g/mol. The van der Waals surface area contributed by atoms with Crippen LogP contribution in [0.3, 0.4) is 0 Å². The predicted molar refractivity (Wildman–Crippen MR) is 112 cm³/mol. The second-order valence-corrected chi connectivity index (χ2v) is 6.13. The molecule has 2 aromatic carbocycles. The number of aryl methyl sites for hydroxylation is 1. The smallest absolute Gasteiger partial charge is 0.255 e. The molecule has 7 nitrogen and oxygen atoms in total. The fourth-order valence-electron chi connectivity index (χ4n) is 2.61. The van der Waals surface area contributed by atoms with Crippen molar-refractivity contribution in [2.75, 3.05) is 29.6 Å². The molecule has 144 valence electrons. The molecule has 0 saturated carbocycles. The van der Waals surface area contributed by atoms with Crippen LogP contribution in [0.4, 0.5) is 23.1 Å². The number of aromatic nitrogens is 2. The topological polar surface area (TPSA) is 88.2 Å². The number of carbonyl (C=O) groups excluding carboxylic acids is 1. The lowest BCUT2D eigenvalue weighted by molar-refractivity contribution is 0.102. The minimum Gasteiger partial charge on any atom is -0.497 e. The Labute approximate surface area is 164 Å². The van der Waals surface area contributed by atoms with Gasteiger partial charge in [-0.05, 0) is 62.4 Å². The van der Waals surface area contributed by atoms with Crippen LogP contribution >= 0.6 is 0 Å². The number of methoxy groups -OCH3 is 1. The van der Waals surface area contributed by atoms with Crippen LogP contribution in [0.1, 0.15) is 23.0 Å². The summed E-state index contributed by atoms with van der Waals surface area (Å²) in [5.74, 6) is 1.83. The Morgan fingerprint density at radius 2 is 1.68 bits per heavy atom. The van der Waals surface area contributed by atoms with Crippen LogP contribution in [0, 0.1) is 6.92 Å². The molecule has 3 N–H and O–H groups in total. The number of anilines is 4. The van der Waals surface area contributed by atoms with E-state index in [0.717, 1.165) is 23.7 Å². The third kappa shape index (κ3) is 4.97. The highest BCUT2D eigenvalue weighted by molar-refractivity contribution is 6.04. The number of rotatable bonds is 7. The molecule has 0 aliphatic rings. The van der Waals surface area contributed by atoms with Gasteiger partial charge in [0.05, 0.1) is 7.11 Å². The van der Waals surface area contributed by atoms with Crippen molar-refractivity contribution in [3.05, 3.63) is 65.9 Å². The third-order valence-electron chi connectivity index (χ3n) is 3.96. The minimum absolute atomic E-state index is 0.180. The lowest BCUT2D eigenvalue weighted by atomic mass is 10.2. The molecule has 0 aliphatic heterocycles. The maximum atomic E-state index is 12.3. The zero-order valence-corrected chi connectivity index (χ0v) is 16.1. The second kappa shape index (κ2) is 8.85. The van der Waals surface area contributed by atoms with Gasteiger partial charge in [-0.3, -0.25) is 4.79 Å². The van der Waals surface area contributed by atoms with Crippen molar-refractivity contribution < 1.29 is 9.53 Å². The highest BCUT2D eigenvalue weighted by Crippen LogP contribution is 2.19. The van der Waals surface area contributed by atoms with E-state index in [1.54, 1.807) is 31.4 Å². The molecular weight excluding hydrogens is 354 g/mol. The number of carbonyl (C=O) groups is 1. The van der Waals surface area contributed by atoms with E-state index in [0.29, 0.717) is 22.9 Å². The van der Waals surface area contributed by atoms with Gasteiger partial charge >= 0.3 is 0 Å². The molecule has 1 aromatic heterocycles. The molecule has 28 heavy (non-hydrogen) atoms. The summed E-state index contributed by atoms with van der Waals surface area (Å²) in [7, 11) is 1.59. The van der Waals surface area contributed by atoms with Crippen LogP contribution in [0.5, 0.6) is 5.75 Å². The van der Waals surface area contributed by atoms with Crippen LogP contribution in [0.2, 0.25) is 0 Å². The Balaban J connectivity index is 1.65. The first-order valence-electron chi connectivity index (χ1n) is 8.99. The maximum Gasteiger partial charge on any atom is 0.255 e. The summed E-state index contributed by atoms with van der Waals surface area (Å²) in [4.78, 5) is 21.2. The molecule has 0 fully saturated rings. The van der Waals surface area contributed by atoms with Crippen molar-refractivity contribution in [2.24, 2.45) is 0 Å². The van der Waals surface area contributed by atoms with E-state index in [4.69, 9.17) is 4.74 Å². The highest BCUT2D eigenvalue weighted by Gasteiger charge is 2.07. The molecule has 0 saturated heterocycles. The Bertz CT molecular complexity index is 940. The molecule has 3 rings (SSSR count). The zero-order valence-electron chi connectivity index (χ0n) is 16.1. The molecule has 0 bridgehead atoms. The number of nitrogens with one attached hydrogen (secondary N) is 3. The SMILES string of the molecule is CCNc1cc(C)nc(Nc2ccc(NC(=O)c3ccc(OC)cc3)cc2)n1. The van der Waals surface area contributed by atoms with E-state index in [-0.39, 0.29) is 5.91 Å². The van der Waals surface area contributed by atoms with Crippen molar-refractivity contribution in [2.45, 2.75) is 13.8 Å². The van der Waals surface area contributed by atoms with Crippen molar-refractivity contribution >= 4 is 29.0 Å². The number of nitrogens with zero attached hydrogens (tertiary/aromatic N) is 2. The summed E-state index contributed by atoms with van der Waals surface area (Å²) in [6.07, 6.45) is 0. The summed E-state index contributed by atoms with van der Waals surface area (Å²) < 4.78 is 5.10. The fourth-order valence-corrected chi connectivity index (χ4v) is 2.61. The molecule has 0 spiro atoms. The van der Waals surface area contributed by atoms with Crippen molar-refractivity contribution in [1.29, 1.82) is 0 Å². The van der Waals surface area contributed by atoms with Crippen molar-refractivity contribution in [3.8, 4) is 5.75 Å². The maximum absolute atomic E-state index is 12.3. The number of ether oxygens (including phenoxy) is 1. The Kier molecular flexibility index (Phi) is 6.06. The molecular formula is C21H23N5O2. The van der Waals surface area contributed by atoms with Crippen LogP contribution in [0.25, 0.3) is 0 Å².